The average Bonchev–Trinajstić information content (AvgIpc) is 2.31. The van der Waals surface area contributed by atoms with Gasteiger partial charge in [0.05, 0.1) is 0 Å². The predicted molar refractivity (Wildman–Crippen MR) is 45.0 cm³/mol. The molecule has 6 heteroatoms. The van der Waals surface area contributed by atoms with Gasteiger partial charge in [-0.1, -0.05) is 0 Å². The zero-order valence-corrected chi connectivity index (χ0v) is 8.13. The van der Waals surface area contributed by atoms with Gasteiger partial charge in [-0.05, 0) is 27.4 Å². The number of hydrogen-bond donors (Lipinski definition) is 1. The maximum Gasteiger partial charge on any atom is 0.408 e. The molecule has 1 aromatic rings. The predicted octanol–water partition coefficient (Wildman–Crippen LogP) is 3.07. The number of rotatable bonds is 1. The van der Waals surface area contributed by atoms with E-state index in [0.29, 0.717) is 4.47 Å². The van der Waals surface area contributed by atoms with Crippen molar-refractivity contribution in [2.75, 3.05) is 0 Å². The Morgan fingerprint density at radius 1 is 1.50 bits per heavy atom. The Morgan fingerprint density at radius 2 is 2.08 bits per heavy atom. The largest absolute Gasteiger partial charge is 0.408 e. The highest BCUT2D eigenvalue weighted by molar-refractivity contribution is 9.10. The Labute approximate surface area is 79.5 Å². The quantitative estimate of drug-likeness (QED) is 0.825. The lowest BCUT2D eigenvalue weighted by Gasteiger charge is -2.13. The lowest BCUT2D eigenvalue weighted by Crippen LogP contribution is -2.27. The maximum atomic E-state index is 12.1. The second-order valence-corrected chi connectivity index (χ2v) is 3.95. The molecule has 0 spiro atoms. The molecule has 12 heavy (non-hydrogen) atoms. The van der Waals surface area contributed by atoms with Gasteiger partial charge in [-0.25, -0.2) is 0 Å². The minimum atomic E-state index is -4.37. The van der Waals surface area contributed by atoms with Crippen LogP contribution in [0.25, 0.3) is 0 Å². The fraction of sp³-hybridized carbons (Fsp3) is 0.333. The van der Waals surface area contributed by atoms with E-state index in [0.717, 1.165) is 11.3 Å². The molecular formula is C6H5BrF3NS. The van der Waals surface area contributed by atoms with Gasteiger partial charge in [0.2, 0.25) is 0 Å². The number of hydrogen-bond acceptors (Lipinski definition) is 2. The van der Waals surface area contributed by atoms with Crippen LogP contribution in [0.15, 0.2) is 15.9 Å². The number of alkyl halides is 3. The zero-order chi connectivity index (χ0) is 9.35. The standard InChI is InChI=1S/C6H5BrF3NS/c7-3-1-2-12-4(3)5(11)6(8,9)10/h1-2,5H,11H2/t5-/m1/s1. The average molecular weight is 260 g/mol. The van der Waals surface area contributed by atoms with Crippen molar-refractivity contribution in [1.82, 2.24) is 0 Å². The highest BCUT2D eigenvalue weighted by atomic mass is 79.9. The van der Waals surface area contributed by atoms with Gasteiger partial charge in [-0.3, -0.25) is 0 Å². The van der Waals surface area contributed by atoms with E-state index in [4.69, 9.17) is 5.73 Å². The molecule has 0 saturated heterocycles. The monoisotopic (exact) mass is 259 g/mol. The molecule has 0 unspecified atom stereocenters. The summed E-state index contributed by atoms with van der Waals surface area (Å²) in [6.45, 7) is 0. The summed E-state index contributed by atoms with van der Waals surface area (Å²) in [7, 11) is 0. The summed E-state index contributed by atoms with van der Waals surface area (Å²) in [6.07, 6.45) is -4.37. The molecule has 68 valence electrons. The van der Waals surface area contributed by atoms with E-state index in [1.54, 1.807) is 11.4 Å². The molecule has 0 aliphatic carbocycles. The number of halogens is 4. The van der Waals surface area contributed by atoms with E-state index >= 15 is 0 Å². The first kappa shape index (κ1) is 10.0. The maximum absolute atomic E-state index is 12.1. The molecule has 1 nitrogen and oxygen atoms in total. The first-order valence-corrected chi connectivity index (χ1v) is 4.65. The van der Waals surface area contributed by atoms with Crippen molar-refractivity contribution < 1.29 is 13.2 Å². The first-order chi connectivity index (χ1) is 5.43. The van der Waals surface area contributed by atoms with Crippen LogP contribution in [0.3, 0.4) is 0 Å². The molecule has 0 aromatic carbocycles. The van der Waals surface area contributed by atoms with Gasteiger partial charge in [0.1, 0.15) is 6.04 Å². The Bertz CT molecular complexity index is 270. The van der Waals surface area contributed by atoms with Crippen LogP contribution in [-0.2, 0) is 0 Å². The van der Waals surface area contributed by atoms with Gasteiger partial charge in [0, 0.05) is 9.35 Å². The minimum Gasteiger partial charge on any atom is -0.316 e. The van der Waals surface area contributed by atoms with Gasteiger partial charge in [0.15, 0.2) is 0 Å². The topological polar surface area (TPSA) is 26.0 Å². The van der Waals surface area contributed by atoms with Crippen LogP contribution in [0.1, 0.15) is 10.9 Å². The summed E-state index contributed by atoms with van der Waals surface area (Å²) in [4.78, 5) is 0.113. The van der Waals surface area contributed by atoms with E-state index in [9.17, 15) is 13.2 Å². The summed E-state index contributed by atoms with van der Waals surface area (Å²) in [5.74, 6) is 0. The van der Waals surface area contributed by atoms with Crippen LogP contribution in [0.2, 0.25) is 0 Å². The lowest BCUT2D eigenvalue weighted by atomic mass is 10.2. The van der Waals surface area contributed by atoms with Crippen LogP contribution >= 0.6 is 27.3 Å². The third kappa shape index (κ3) is 1.99. The van der Waals surface area contributed by atoms with Crippen molar-refractivity contribution in [3.05, 3.63) is 20.8 Å². The van der Waals surface area contributed by atoms with Crippen LogP contribution in [0.5, 0.6) is 0 Å². The van der Waals surface area contributed by atoms with Crippen molar-refractivity contribution in [2.24, 2.45) is 5.73 Å². The smallest absolute Gasteiger partial charge is 0.316 e. The highest BCUT2D eigenvalue weighted by Crippen LogP contribution is 2.37. The second kappa shape index (κ2) is 3.35. The fourth-order valence-electron chi connectivity index (χ4n) is 0.676. The molecule has 0 aliphatic heterocycles. The van der Waals surface area contributed by atoms with Crippen molar-refractivity contribution in [2.45, 2.75) is 12.2 Å². The van der Waals surface area contributed by atoms with Gasteiger partial charge < -0.3 is 5.73 Å². The van der Waals surface area contributed by atoms with Crippen molar-refractivity contribution in [3.8, 4) is 0 Å². The summed E-state index contributed by atoms with van der Waals surface area (Å²) in [6, 6.07) is -0.335. The Morgan fingerprint density at radius 3 is 2.42 bits per heavy atom. The van der Waals surface area contributed by atoms with Gasteiger partial charge in [-0.15, -0.1) is 11.3 Å². The number of nitrogens with two attached hydrogens (primary N) is 1. The minimum absolute atomic E-state index is 0.113. The van der Waals surface area contributed by atoms with Crippen molar-refractivity contribution in [1.29, 1.82) is 0 Å². The summed E-state index contributed by atoms with van der Waals surface area (Å²) < 4.78 is 36.6. The van der Waals surface area contributed by atoms with E-state index in [-0.39, 0.29) is 4.88 Å². The normalized spacial score (nSPS) is 14.8. The molecule has 1 heterocycles. The van der Waals surface area contributed by atoms with Crippen LogP contribution in [-0.4, -0.2) is 6.18 Å². The van der Waals surface area contributed by atoms with Crippen LogP contribution < -0.4 is 5.73 Å². The Balaban J connectivity index is 2.92. The molecule has 0 fully saturated rings. The van der Waals surface area contributed by atoms with Gasteiger partial charge in [0.25, 0.3) is 0 Å². The van der Waals surface area contributed by atoms with Crippen molar-refractivity contribution in [3.63, 3.8) is 0 Å². The molecule has 0 aliphatic rings. The molecule has 0 amide bonds. The van der Waals surface area contributed by atoms with E-state index in [1.165, 1.54) is 0 Å². The lowest BCUT2D eigenvalue weighted by molar-refractivity contribution is -0.148. The zero-order valence-electron chi connectivity index (χ0n) is 5.73. The van der Waals surface area contributed by atoms with Gasteiger partial charge in [-0.2, -0.15) is 13.2 Å². The molecule has 1 atom stereocenters. The fourth-order valence-corrected chi connectivity index (χ4v) is 2.32. The van der Waals surface area contributed by atoms with Crippen LogP contribution in [0, 0.1) is 0 Å². The molecule has 2 N–H and O–H groups in total. The molecule has 0 radical (unpaired) electrons. The number of thiophene rings is 1. The Hall–Kier alpha value is -0.0700. The third-order valence-electron chi connectivity index (χ3n) is 1.28. The summed E-state index contributed by atoms with van der Waals surface area (Å²) >= 11 is 3.98. The second-order valence-electron chi connectivity index (χ2n) is 2.15. The third-order valence-corrected chi connectivity index (χ3v) is 3.23. The SMILES string of the molecule is N[C@H](c1sccc1Br)C(F)(F)F. The van der Waals surface area contributed by atoms with Crippen molar-refractivity contribution >= 4 is 27.3 Å². The van der Waals surface area contributed by atoms with E-state index in [2.05, 4.69) is 15.9 Å². The summed E-state index contributed by atoms with van der Waals surface area (Å²) in [5, 5.41) is 1.56. The highest BCUT2D eigenvalue weighted by Gasteiger charge is 2.39. The Kier molecular flexibility index (Phi) is 2.80. The van der Waals surface area contributed by atoms with E-state index < -0.39 is 12.2 Å². The van der Waals surface area contributed by atoms with E-state index in [1.807, 2.05) is 0 Å². The molecule has 0 bridgehead atoms. The molecule has 1 aromatic heterocycles. The van der Waals surface area contributed by atoms with Crippen LogP contribution in [0.4, 0.5) is 13.2 Å². The molecular weight excluding hydrogens is 255 g/mol. The van der Waals surface area contributed by atoms with Gasteiger partial charge >= 0.3 is 6.18 Å². The molecule has 1 rings (SSSR count). The molecule has 0 saturated carbocycles. The summed E-state index contributed by atoms with van der Waals surface area (Å²) in [5.41, 5.74) is 4.97. The first-order valence-electron chi connectivity index (χ1n) is 2.98.